The second-order valence-corrected chi connectivity index (χ2v) is 9.08. The van der Waals surface area contributed by atoms with E-state index < -0.39 is 0 Å². The Bertz CT molecular complexity index is 359. The molecule has 0 saturated heterocycles. The molecule has 8 unspecified atom stereocenters. The van der Waals surface area contributed by atoms with Crippen LogP contribution in [-0.4, -0.2) is 0 Å². The maximum absolute atomic E-state index is 2.67. The Morgan fingerprint density at radius 1 is 0.947 bits per heavy atom. The fourth-order valence-electron chi connectivity index (χ4n) is 7.08. The van der Waals surface area contributed by atoms with Crippen LogP contribution in [0.25, 0.3) is 0 Å². The van der Waals surface area contributed by atoms with Crippen molar-refractivity contribution in [2.75, 3.05) is 0 Å². The van der Waals surface area contributed by atoms with Crippen LogP contribution in [0.15, 0.2) is 0 Å². The Labute approximate surface area is 119 Å². The molecule has 0 aromatic carbocycles. The molecule has 4 aliphatic rings. The summed E-state index contributed by atoms with van der Waals surface area (Å²) in [7, 11) is 0. The minimum atomic E-state index is 0.711. The molecule has 4 bridgehead atoms. The van der Waals surface area contributed by atoms with Crippen LogP contribution in [0.5, 0.6) is 0 Å². The summed E-state index contributed by atoms with van der Waals surface area (Å²) in [5.41, 5.74) is 0.711. The molecule has 0 aromatic rings. The third-order valence-corrected chi connectivity index (χ3v) is 8.45. The third kappa shape index (κ3) is 1.77. The molecule has 0 aromatic heterocycles. The first-order valence-corrected chi connectivity index (χ1v) is 9.08. The molecule has 4 fully saturated rings. The van der Waals surface area contributed by atoms with Crippen LogP contribution in [0, 0.1) is 46.8 Å². The van der Waals surface area contributed by atoms with Crippen molar-refractivity contribution < 1.29 is 0 Å². The van der Waals surface area contributed by atoms with Gasteiger partial charge in [-0.1, -0.05) is 27.2 Å². The predicted octanol–water partition coefficient (Wildman–Crippen LogP) is 5.52. The average molecular weight is 260 g/mol. The van der Waals surface area contributed by atoms with E-state index in [0.717, 1.165) is 41.4 Å². The summed E-state index contributed by atoms with van der Waals surface area (Å²) in [6, 6.07) is 0. The standard InChI is InChI=1S/C19H32/c1-12-8-18(16-6-5-15(12)10-16)13(2)19(3)11-14-4-7-17(19)9-14/h12-18H,4-11H2,1-3H3. The van der Waals surface area contributed by atoms with Crippen LogP contribution in [0.2, 0.25) is 0 Å². The van der Waals surface area contributed by atoms with Crippen molar-refractivity contribution >= 4 is 0 Å². The van der Waals surface area contributed by atoms with E-state index in [1.54, 1.807) is 51.4 Å². The molecule has 0 spiro atoms. The average Bonchev–Trinajstić information content (AvgIpc) is 3.07. The third-order valence-electron chi connectivity index (χ3n) is 8.45. The van der Waals surface area contributed by atoms with Gasteiger partial charge in [-0.25, -0.2) is 0 Å². The van der Waals surface area contributed by atoms with Crippen LogP contribution >= 0.6 is 0 Å². The topological polar surface area (TPSA) is 0 Å². The number of fused-ring (bicyclic) bond motifs is 4. The SMILES string of the molecule is CC1CC(C(C)C2(C)CC3CCC2C3)C2CCC1C2. The van der Waals surface area contributed by atoms with Crippen LogP contribution in [0.4, 0.5) is 0 Å². The Hall–Kier alpha value is 0. The summed E-state index contributed by atoms with van der Waals surface area (Å²) in [6.45, 7) is 7.87. The van der Waals surface area contributed by atoms with E-state index in [9.17, 15) is 0 Å². The van der Waals surface area contributed by atoms with Crippen molar-refractivity contribution in [1.29, 1.82) is 0 Å². The van der Waals surface area contributed by atoms with E-state index >= 15 is 0 Å². The van der Waals surface area contributed by atoms with Crippen LogP contribution in [0.3, 0.4) is 0 Å². The summed E-state index contributed by atoms with van der Waals surface area (Å²) in [5, 5.41) is 0. The summed E-state index contributed by atoms with van der Waals surface area (Å²) < 4.78 is 0. The zero-order valence-corrected chi connectivity index (χ0v) is 13.2. The predicted molar refractivity (Wildman–Crippen MR) is 80.8 cm³/mol. The van der Waals surface area contributed by atoms with E-state index in [-0.39, 0.29) is 0 Å². The molecule has 0 heterocycles. The lowest BCUT2D eigenvalue weighted by atomic mass is 9.58. The van der Waals surface area contributed by atoms with Crippen molar-refractivity contribution in [3.8, 4) is 0 Å². The first-order chi connectivity index (χ1) is 9.08. The highest BCUT2D eigenvalue weighted by molar-refractivity contribution is 5.04. The first-order valence-electron chi connectivity index (χ1n) is 9.08. The summed E-state index contributed by atoms with van der Waals surface area (Å²) >= 11 is 0. The number of rotatable bonds is 2. The smallest absolute Gasteiger partial charge is 0.0266 e. The summed E-state index contributed by atoms with van der Waals surface area (Å²) in [4.78, 5) is 0. The highest BCUT2D eigenvalue weighted by Crippen LogP contribution is 2.63. The number of hydrogen-bond acceptors (Lipinski definition) is 0. The molecule has 0 N–H and O–H groups in total. The van der Waals surface area contributed by atoms with Gasteiger partial charge in [0.1, 0.15) is 0 Å². The van der Waals surface area contributed by atoms with Gasteiger partial charge in [-0.05, 0) is 91.8 Å². The van der Waals surface area contributed by atoms with Gasteiger partial charge in [0.15, 0.2) is 0 Å². The van der Waals surface area contributed by atoms with Crippen LogP contribution in [-0.2, 0) is 0 Å². The summed E-state index contributed by atoms with van der Waals surface area (Å²) in [5.74, 6) is 7.48. The quantitative estimate of drug-likeness (QED) is 0.613. The molecule has 0 heteroatoms. The Morgan fingerprint density at radius 2 is 1.74 bits per heavy atom. The molecule has 8 atom stereocenters. The molecule has 4 aliphatic carbocycles. The van der Waals surface area contributed by atoms with E-state index in [4.69, 9.17) is 0 Å². The fraction of sp³-hybridized carbons (Fsp3) is 1.00. The molecule has 4 saturated carbocycles. The molecule has 4 rings (SSSR count). The van der Waals surface area contributed by atoms with Gasteiger partial charge >= 0.3 is 0 Å². The van der Waals surface area contributed by atoms with Crippen LogP contribution in [0.1, 0.15) is 72.1 Å². The van der Waals surface area contributed by atoms with Gasteiger partial charge in [0, 0.05) is 0 Å². The molecule has 0 nitrogen and oxygen atoms in total. The molecular formula is C19H32. The first kappa shape index (κ1) is 12.7. The van der Waals surface area contributed by atoms with Gasteiger partial charge in [-0.3, -0.25) is 0 Å². The van der Waals surface area contributed by atoms with E-state index in [1.807, 2.05) is 0 Å². The van der Waals surface area contributed by atoms with E-state index in [2.05, 4.69) is 20.8 Å². The minimum absolute atomic E-state index is 0.711. The monoisotopic (exact) mass is 260 g/mol. The van der Waals surface area contributed by atoms with Gasteiger partial charge < -0.3 is 0 Å². The number of hydrogen-bond donors (Lipinski definition) is 0. The van der Waals surface area contributed by atoms with Crippen molar-refractivity contribution in [3.05, 3.63) is 0 Å². The van der Waals surface area contributed by atoms with Gasteiger partial charge in [0.05, 0.1) is 0 Å². The van der Waals surface area contributed by atoms with Crippen molar-refractivity contribution in [1.82, 2.24) is 0 Å². The highest BCUT2D eigenvalue weighted by Gasteiger charge is 2.54. The lowest BCUT2D eigenvalue weighted by Gasteiger charge is -2.47. The maximum Gasteiger partial charge on any atom is -0.0266 e. The molecular weight excluding hydrogens is 228 g/mol. The molecule has 19 heavy (non-hydrogen) atoms. The van der Waals surface area contributed by atoms with E-state index in [1.165, 1.54) is 0 Å². The van der Waals surface area contributed by atoms with Crippen molar-refractivity contribution in [2.24, 2.45) is 46.8 Å². The summed E-state index contributed by atoms with van der Waals surface area (Å²) in [6.07, 6.45) is 12.5. The van der Waals surface area contributed by atoms with Gasteiger partial charge in [0.25, 0.3) is 0 Å². The largest absolute Gasteiger partial charge is 0.0622 e. The molecule has 0 amide bonds. The molecule has 0 radical (unpaired) electrons. The van der Waals surface area contributed by atoms with Gasteiger partial charge in [-0.15, -0.1) is 0 Å². The van der Waals surface area contributed by atoms with Gasteiger partial charge in [-0.2, -0.15) is 0 Å². The maximum atomic E-state index is 2.67. The lowest BCUT2D eigenvalue weighted by molar-refractivity contribution is 0.0154. The molecule has 0 aliphatic heterocycles. The Balaban J connectivity index is 1.55. The highest BCUT2D eigenvalue weighted by atomic mass is 14.6. The zero-order chi connectivity index (χ0) is 13.2. The van der Waals surface area contributed by atoms with Gasteiger partial charge in [0.2, 0.25) is 0 Å². The minimum Gasteiger partial charge on any atom is -0.0622 e. The Kier molecular flexibility index (Phi) is 2.84. The zero-order valence-electron chi connectivity index (χ0n) is 13.2. The fourth-order valence-corrected chi connectivity index (χ4v) is 7.08. The normalized spacial score (nSPS) is 57.6. The second kappa shape index (κ2) is 4.25. The lowest BCUT2D eigenvalue weighted by Crippen LogP contribution is -2.40. The van der Waals surface area contributed by atoms with Crippen molar-refractivity contribution in [3.63, 3.8) is 0 Å². The van der Waals surface area contributed by atoms with E-state index in [0.29, 0.717) is 5.41 Å². The molecule has 108 valence electrons. The Morgan fingerprint density at radius 3 is 2.42 bits per heavy atom. The van der Waals surface area contributed by atoms with Crippen molar-refractivity contribution in [2.45, 2.75) is 72.1 Å². The second-order valence-electron chi connectivity index (χ2n) is 9.08. The van der Waals surface area contributed by atoms with Crippen LogP contribution < -0.4 is 0 Å².